The molecule has 0 N–H and O–H groups in total. The minimum Gasteiger partial charge on any atom is -0.448 e. The van der Waals surface area contributed by atoms with Crippen LogP contribution in [0.1, 0.15) is 34.1 Å². The van der Waals surface area contributed by atoms with Gasteiger partial charge in [0.2, 0.25) is 0 Å². The van der Waals surface area contributed by atoms with Crippen LogP contribution in [0, 0.1) is 12.7 Å². The lowest BCUT2D eigenvalue weighted by Crippen LogP contribution is -2.29. The Hall–Kier alpha value is -2.73. The molecule has 2 heterocycles. The summed E-state index contributed by atoms with van der Waals surface area (Å²) in [5, 5.41) is 1.47. The molecule has 0 spiro atoms. The summed E-state index contributed by atoms with van der Waals surface area (Å²) >= 11 is 1.56. The monoisotopic (exact) mass is 368 g/mol. The quantitative estimate of drug-likeness (QED) is 0.491. The van der Waals surface area contributed by atoms with Gasteiger partial charge in [-0.25, -0.2) is 9.37 Å². The molecule has 0 saturated carbocycles. The molecule has 1 amide bonds. The van der Waals surface area contributed by atoms with Crippen molar-refractivity contribution < 1.29 is 13.6 Å². The molecular formula is C20H17FN2O2S. The normalized spacial score (nSPS) is 12.6. The van der Waals surface area contributed by atoms with Crippen LogP contribution in [-0.4, -0.2) is 22.8 Å². The van der Waals surface area contributed by atoms with Gasteiger partial charge < -0.3 is 9.32 Å². The summed E-state index contributed by atoms with van der Waals surface area (Å²) in [7, 11) is 1.71. The molecule has 2 aromatic heterocycles. The van der Waals surface area contributed by atoms with Crippen molar-refractivity contribution in [3.05, 3.63) is 64.6 Å². The zero-order chi connectivity index (χ0) is 18.4. The van der Waals surface area contributed by atoms with Crippen LogP contribution in [0.5, 0.6) is 0 Å². The number of aromatic nitrogens is 1. The van der Waals surface area contributed by atoms with Gasteiger partial charge in [0.15, 0.2) is 17.2 Å². The van der Waals surface area contributed by atoms with E-state index in [0.717, 1.165) is 15.2 Å². The highest BCUT2D eigenvalue weighted by Gasteiger charge is 2.27. The van der Waals surface area contributed by atoms with Crippen LogP contribution in [-0.2, 0) is 0 Å². The molecule has 0 aliphatic carbocycles. The summed E-state index contributed by atoms with van der Waals surface area (Å²) in [4.78, 5) is 19.2. The Morgan fingerprint density at radius 1 is 1.23 bits per heavy atom. The third-order valence-electron chi connectivity index (χ3n) is 4.68. The summed E-state index contributed by atoms with van der Waals surface area (Å²) < 4.78 is 20.6. The topological polar surface area (TPSA) is 46.3 Å². The first-order valence-corrected chi connectivity index (χ1v) is 9.09. The van der Waals surface area contributed by atoms with Crippen molar-refractivity contribution in [2.75, 3.05) is 7.05 Å². The molecule has 26 heavy (non-hydrogen) atoms. The molecule has 4 nitrogen and oxygen atoms in total. The number of fused-ring (bicyclic) bond motifs is 2. The maximum atomic E-state index is 14.0. The number of hydrogen-bond acceptors (Lipinski definition) is 4. The van der Waals surface area contributed by atoms with Crippen molar-refractivity contribution in [1.82, 2.24) is 9.88 Å². The summed E-state index contributed by atoms with van der Waals surface area (Å²) in [6.45, 7) is 3.70. The maximum absolute atomic E-state index is 14.0. The van der Waals surface area contributed by atoms with E-state index in [1.807, 2.05) is 31.2 Å². The largest absolute Gasteiger partial charge is 0.448 e. The number of hydrogen-bond donors (Lipinski definition) is 0. The minimum atomic E-state index is -0.466. The van der Waals surface area contributed by atoms with E-state index in [0.29, 0.717) is 10.9 Å². The number of rotatable bonds is 3. The predicted octanol–water partition coefficient (Wildman–Crippen LogP) is 5.32. The smallest absolute Gasteiger partial charge is 0.290 e. The van der Waals surface area contributed by atoms with E-state index in [4.69, 9.17) is 4.42 Å². The second kappa shape index (κ2) is 6.21. The molecule has 0 radical (unpaired) electrons. The van der Waals surface area contributed by atoms with Crippen LogP contribution >= 0.6 is 11.3 Å². The number of carbonyl (C=O) groups excluding carboxylic acids is 1. The van der Waals surface area contributed by atoms with Gasteiger partial charge in [-0.15, -0.1) is 11.3 Å². The Morgan fingerprint density at radius 2 is 2.00 bits per heavy atom. The zero-order valence-corrected chi connectivity index (χ0v) is 15.4. The molecule has 0 aliphatic heterocycles. The van der Waals surface area contributed by atoms with Crippen molar-refractivity contribution in [2.45, 2.75) is 19.9 Å². The molecule has 2 aromatic carbocycles. The van der Waals surface area contributed by atoms with Crippen LogP contribution in [0.2, 0.25) is 0 Å². The fourth-order valence-electron chi connectivity index (χ4n) is 2.98. The number of benzene rings is 2. The van der Waals surface area contributed by atoms with Gasteiger partial charge in [-0.05, 0) is 32.0 Å². The molecule has 1 atom stereocenters. The van der Waals surface area contributed by atoms with Crippen LogP contribution < -0.4 is 0 Å². The molecule has 4 aromatic rings. The Labute approximate surface area is 153 Å². The first-order chi connectivity index (χ1) is 12.5. The van der Waals surface area contributed by atoms with Crippen LogP contribution in [0.4, 0.5) is 4.39 Å². The Morgan fingerprint density at radius 3 is 2.73 bits per heavy atom. The van der Waals surface area contributed by atoms with Crippen molar-refractivity contribution >= 4 is 38.4 Å². The maximum Gasteiger partial charge on any atom is 0.290 e. The van der Waals surface area contributed by atoms with Crippen LogP contribution in [0.3, 0.4) is 0 Å². The van der Waals surface area contributed by atoms with E-state index in [2.05, 4.69) is 4.98 Å². The highest BCUT2D eigenvalue weighted by Crippen LogP contribution is 2.32. The summed E-state index contributed by atoms with van der Waals surface area (Å²) in [6.07, 6.45) is 0. The van der Waals surface area contributed by atoms with Crippen LogP contribution in [0.25, 0.3) is 21.2 Å². The Bertz CT molecular complexity index is 1100. The molecule has 0 aliphatic rings. The van der Waals surface area contributed by atoms with Gasteiger partial charge in [0.05, 0.1) is 16.3 Å². The van der Waals surface area contributed by atoms with E-state index < -0.39 is 5.82 Å². The number of thiazole rings is 1. The van der Waals surface area contributed by atoms with Crippen molar-refractivity contribution in [3.63, 3.8) is 0 Å². The summed E-state index contributed by atoms with van der Waals surface area (Å²) in [6, 6.07) is 12.3. The molecular weight excluding hydrogens is 351 g/mol. The van der Waals surface area contributed by atoms with Gasteiger partial charge in [-0.2, -0.15) is 0 Å². The van der Waals surface area contributed by atoms with Gasteiger partial charge in [0, 0.05) is 18.0 Å². The zero-order valence-electron chi connectivity index (χ0n) is 14.6. The van der Waals surface area contributed by atoms with Gasteiger partial charge in [0.1, 0.15) is 5.01 Å². The second-order valence-electron chi connectivity index (χ2n) is 6.28. The van der Waals surface area contributed by atoms with Crippen molar-refractivity contribution in [2.24, 2.45) is 0 Å². The first-order valence-electron chi connectivity index (χ1n) is 8.27. The number of carbonyl (C=O) groups is 1. The predicted molar refractivity (Wildman–Crippen MR) is 101 cm³/mol. The minimum absolute atomic E-state index is 0.120. The van der Waals surface area contributed by atoms with E-state index in [9.17, 15) is 9.18 Å². The van der Waals surface area contributed by atoms with Gasteiger partial charge in [0.25, 0.3) is 5.91 Å². The van der Waals surface area contributed by atoms with E-state index in [1.165, 1.54) is 6.07 Å². The van der Waals surface area contributed by atoms with Gasteiger partial charge >= 0.3 is 0 Å². The molecule has 6 heteroatoms. The van der Waals surface area contributed by atoms with Gasteiger partial charge in [-0.3, -0.25) is 4.79 Å². The highest BCUT2D eigenvalue weighted by atomic mass is 32.1. The number of furan rings is 1. The number of para-hydroxylation sites is 2. The van der Waals surface area contributed by atoms with E-state index in [1.54, 1.807) is 42.3 Å². The first kappa shape index (κ1) is 16.7. The average molecular weight is 368 g/mol. The molecule has 0 fully saturated rings. The van der Waals surface area contributed by atoms with E-state index in [-0.39, 0.29) is 23.3 Å². The summed E-state index contributed by atoms with van der Waals surface area (Å²) in [5.74, 6) is -0.586. The van der Waals surface area contributed by atoms with E-state index >= 15 is 0 Å². The van der Waals surface area contributed by atoms with Crippen molar-refractivity contribution in [3.8, 4) is 0 Å². The number of amides is 1. The molecule has 0 bridgehead atoms. The average Bonchev–Trinajstić information content (AvgIpc) is 3.22. The second-order valence-corrected chi connectivity index (χ2v) is 7.35. The lowest BCUT2D eigenvalue weighted by molar-refractivity contribution is 0.0711. The molecule has 132 valence electrons. The van der Waals surface area contributed by atoms with Crippen LogP contribution in [0.15, 0.2) is 46.9 Å². The number of halogens is 1. The van der Waals surface area contributed by atoms with Gasteiger partial charge in [-0.1, -0.05) is 24.3 Å². The lowest BCUT2D eigenvalue weighted by atomic mass is 10.1. The number of aryl methyl sites for hydroxylation is 1. The SMILES string of the molecule is Cc1c(C(=O)N(C)[C@H](C)c2nc3ccccc3s2)oc2c(F)cccc12. The third kappa shape index (κ3) is 2.57. The fraction of sp³-hybridized carbons (Fsp3) is 0.200. The molecule has 0 unspecified atom stereocenters. The Kier molecular flexibility index (Phi) is 4.00. The lowest BCUT2D eigenvalue weighted by Gasteiger charge is -2.22. The standard InChI is InChI=1S/C20H17FN2O2S/c1-11-13-7-6-8-14(21)18(13)25-17(11)20(24)23(3)12(2)19-22-15-9-4-5-10-16(15)26-19/h4-10,12H,1-3H3/t12-/m1/s1. The molecule has 0 saturated heterocycles. The van der Waals surface area contributed by atoms with Crippen molar-refractivity contribution in [1.29, 1.82) is 0 Å². The fourth-order valence-corrected chi connectivity index (χ4v) is 4.05. The Balaban J connectivity index is 1.69. The summed E-state index contributed by atoms with van der Waals surface area (Å²) in [5.41, 5.74) is 1.68. The number of nitrogens with zero attached hydrogens (tertiary/aromatic N) is 2. The molecule has 4 rings (SSSR count). The highest BCUT2D eigenvalue weighted by molar-refractivity contribution is 7.18. The third-order valence-corrected chi connectivity index (χ3v) is 5.89.